The summed E-state index contributed by atoms with van der Waals surface area (Å²) in [4.78, 5) is 15.8. The minimum atomic E-state index is -0.418. The van der Waals surface area contributed by atoms with E-state index in [4.69, 9.17) is 17.3 Å². The molecule has 0 fully saturated rings. The van der Waals surface area contributed by atoms with Crippen LogP contribution >= 0.6 is 11.6 Å². The molecule has 2 heterocycles. The molecule has 0 aliphatic rings. The highest BCUT2D eigenvalue weighted by atomic mass is 35.5. The number of amides is 1. The van der Waals surface area contributed by atoms with Crippen LogP contribution in [0.2, 0.25) is 5.15 Å². The fraction of sp³-hybridized carbons (Fsp3) is 0.182. The Labute approximate surface area is 109 Å². The maximum absolute atomic E-state index is 12.0. The maximum atomic E-state index is 12.0. The summed E-state index contributed by atoms with van der Waals surface area (Å²) in [5, 5.41) is 9.43. The molecule has 7 heteroatoms. The number of carbonyl (C=O) groups excluding carboxylic acids is 1. The molecular weight excluding hydrogens is 254 g/mol. The van der Waals surface area contributed by atoms with Gasteiger partial charge in [0.05, 0.1) is 17.1 Å². The van der Waals surface area contributed by atoms with Crippen LogP contribution in [0.15, 0.2) is 18.3 Å². The zero-order valence-corrected chi connectivity index (χ0v) is 10.5. The van der Waals surface area contributed by atoms with Crippen molar-refractivity contribution in [2.45, 2.75) is 13.3 Å². The van der Waals surface area contributed by atoms with Gasteiger partial charge in [0.25, 0.3) is 5.91 Å². The quantitative estimate of drug-likeness (QED) is 0.738. The third-order valence-corrected chi connectivity index (χ3v) is 2.76. The van der Waals surface area contributed by atoms with Crippen LogP contribution in [0.1, 0.15) is 23.1 Å². The number of nitrogen functional groups attached to an aromatic ring is 1. The molecule has 0 aromatic carbocycles. The van der Waals surface area contributed by atoms with E-state index in [1.807, 2.05) is 6.92 Å². The minimum Gasteiger partial charge on any atom is -0.395 e. The van der Waals surface area contributed by atoms with E-state index in [9.17, 15) is 4.79 Å². The van der Waals surface area contributed by atoms with Crippen LogP contribution in [-0.2, 0) is 6.42 Å². The number of rotatable bonds is 3. The second-order valence-corrected chi connectivity index (χ2v) is 3.97. The second kappa shape index (κ2) is 5.05. The van der Waals surface area contributed by atoms with Gasteiger partial charge in [0.2, 0.25) is 0 Å². The van der Waals surface area contributed by atoms with Crippen molar-refractivity contribution in [2.75, 3.05) is 11.1 Å². The number of pyridine rings is 1. The fourth-order valence-corrected chi connectivity index (χ4v) is 1.66. The number of nitrogens with two attached hydrogens (primary N) is 1. The molecule has 2 aromatic heterocycles. The lowest BCUT2D eigenvalue weighted by atomic mass is 10.2. The molecule has 94 valence electrons. The predicted molar refractivity (Wildman–Crippen MR) is 69.6 cm³/mol. The normalized spacial score (nSPS) is 10.3. The molecule has 0 saturated heterocycles. The average molecular weight is 266 g/mol. The highest BCUT2D eigenvalue weighted by Crippen LogP contribution is 2.20. The molecule has 0 atom stereocenters. The average Bonchev–Trinajstić information content (AvgIpc) is 2.73. The van der Waals surface area contributed by atoms with Crippen LogP contribution in [0.25, 0.3) is 0 Å². The second-order valence-electron chi connectivity index (χ2n) is 3.61. The van der Waals surface area contributed by atoms with Crippen molar-refractivity contribution in [1.29, 1.82) is 0 Å². The number of nitrogens with one attached hydrogen (secondary N) is 2. The van der Waals surface area contributed by atoms with Crippen molar-refractivity contribution in [1.82, 2.24) is 15.2 Å². The number of H-pyrrole nitrogens is 1. The SMILES string of the molecule is CCc1[nH]nc(C(=O)Nc2cccnc2Cl)c1N. The van der Waals surface area contributed by atoms with Crippen LogP contribution in [-0.4, -0.2) is 21.1 Å². The Bertz CT molecular complexity index is 581. The van der Waals surface area contributed by atoms with Crippen molar-refractivity contribution in [3.8, 4) is 0 Å². The zero-order chi connectivity index (χ0) is 13.1. The van der Waals surface area contributed by atoms with Crippen LogP contribution in [0.3, 0.4) is 0 Å². The van der Waals surface area contributed by atoms with Gasteiger partial charge in [-0.1, -0.05) is 18.5 Å². The molecule has 0 bridgehead atoms. The van der Waals surface area contributed by atoms with Crippen LogP contribution < -0.4 is 11.1 Å². The summed E-state index contributed by atoms with van der Waals surface area (Å²) in [6.45, 7) is 1.92. The van der Waals surface area contributed by atoms with Crippen LogP contribution in [0.4, 0.5) is 11.4 Å². The monoisotopic (exact) mass is 265 g/mol. The predicted octanol–water partition coefficient (Wildman–Crippen LogP) is 1.85. The first-order chi connectivity index (χ1) is 8.63. The summed E-state index contributed by atoms with van der Waals surface area (Å²) in [6, 6.07) is 3.32. The largest absolute Gasteiger partial charge is 0.395 e. The van der Waals surface area contributed by atoms with Crippen molar-refractivity contribution in [2.24, 2.45) is 0 Å². The van der Waals surface area contributed by atoms with E-state index >= 15 is 0 Å². The molecule has 1 amide bonds. The molecule has 0 saturated carbocycles. The van der Waals surface area contributed by atoms with E-state index in [-0.39, 0.29) is 10.8 Å². The van der Waals surface area contributed by atoms with Gasteiger partial charge < -0.3 is 11.1 Å². The number of hydrogen-bond donors (Lipinski definition) is 3. The highest BCUT2D eigenvalue weighted by molar-refractivity contribution is 6.32. The van der Waals surface area contributed by atoms with Gasteiger partial charge >= 0.3 is 0 Å². The van der Waals surface area contributed by atoms with E-state index in [0.29, 0.717) is 17.8 Å². The topological polar surface area (TPSA) is 96.7 Å². The summed E-state index contributed by atoms with van der Waals surface area (Å²) in [5.74, 6) is -0.418. The first kappa shape index (κ1) is 12.4. The van der Waals surface area contributed by atoms with Gasteiger partial charge in [-0.3, -0.25) is 9.89 Å². The third kappa shape index (κ3) is 2.28. The number of hydrogen-bond acceptors (Lipinski definition) is 4. The van der Waals surface area contributed by atoms with Gasteiger partial charge in [-0.05, 0) is 18.6 Å². The fourth-order valence-electron chi connectivity index (χ4n) is 1.49. The zero-order valence-electron chi connectivity index (χ0n) is 9.70. The maximum Gasteiger partial charge on any atom is 0.278 e. The Hall–Kier alpha value is -2.08. The molecule has 4 N–H and O–H groups in total. The van der Waals surface area contributed by atoms with Gasteiger partial charge in [-0.15, -0.1) is 0 Å². The molecule has 6 nitrogen and oxygen atoms in total. The van der Waals surface area contributed by atoms with Crippen LogP contribution in [0.5, 0.6) is 0 Å². The molecule has 0 aliphatic heterocycles. The van der Waals surface area contributed by atoms with E-state index in [2.05, 4.69) is 20.5 Å². The summed E-state index contributed by atoms with van der Waals surface area (Å²) < 4.78 is 0. The van der Waals surface area contributed by atoms with Crippen molar-refractivity contribution in [3.05, 3.63) is 34.9 Å². The minimum absolute atomic E-state index is 0.159. The Morgan fingerprint density at radius 2 is 2.39 bits per heavy atom. The van der Waals surface area contributed by atoms with Crippen molar-refractivity contribution < 1.29 is 4.79 Å². The lowest BCUT2D eigenvalue weighted by Gasteiger charge is -2.04. The van der Waals surface area contributed by atoms with E-state index in [1.54, 1.807) is 12.1 Å². The lowest BCUT2D eigenvalue weighted by Crippen LogP contribution is -2.14. The molecule has 0 radical (unpaired) electrons. The van der Waals surface area contributed by atoms with Crippen molar-refractivity contribution >= 4 is 28.9 Å². The number of nitrogens with zero attached hydrogens (tertiary/aromatic N) is 2. The Kier molecular flexibility index (Phi) is 3.47. The molecule has 18 heavy (non-hydrogen) atoms. The summed E-state index contributed by atoms with van der Waals surface area (Å²) in [6.07, 6.45) is 2.22. The van der Waals surface area contributed by atoms with Crippen LogP contribution in [0, 0.1) is 0 Å². The number of carbonyl (C=O) groups is 1. The number of anilines is 2. The molecule has 0 unspecified atom stereocenters. The van der Waals surface area contributed by atoms with E-state index < -0.39 is 5.91 Å². The Balaban J connectivity index is 2.22. The lowest BCUT2D eigenvalue weighted by molar-refractivity contribution is 0.102. The first-order valence-electron chi connectivity index (χ1n) is 5.38. The molecule has 2 rings (SSSR count). The van der Waals surface area contributed by atoms with Crippen molar-refractivity contribution in [3.63, 3.8) is 0 Å². The number of aromatic amines is 1. The van der Waals surface area contributed by atoms with Gasteiger partial charge in [0.1, 0.15) is 0 Å². The standard InChI is InChI=1S/C11H12ClN5O/c1-2-6-8(13)9(17-16-6)11(18)15-7-4-3-5-14-10(7)12/h3-5H,2,13H2,1H3,(H,15,18)(H,16,17). The number of aryl methyl sites for hydroxylation is 1. The van der Waals surface area contributed by atoms with E-state index in [0.717, 1.165) is 5.69 Å². The van der Waals surface area contributed by atoms with E-state index in [1.165, 1.54) is 6.20 Å². The van der Waals surface area contributed by atoms with Gasteiger partial charge in [0.15, 0.2) is 10.8 Å². The van der Waals surface area contributed by atoms with Gasteiger partial charge in [0, 0.05) is 6.20 Å². The summed E-state index contributed by atoms with van der Waals surface area (Å²) in [5.41, 5.74) is 7.47. The molecular formula is C11H12ClN5O. The Morgan fingerprint density at radius 1 is 1.61 bits per heavy atom. The van der Waals surface area contributed by atoms with Gasteiger partial charge in [-0.25, -0.2) is 4.98 Å². The smallest absolute Gasteiger partial charge is 0.278 e. The third-order valence-electron chi connectivity index (χ3n) is 2.46. The van der Waals surface area contributed by atoms with Gasteiger partial charge in [-0.2, -0.15) is 5.10 Å². The highest BCUT2D eigenvalue weighted by Gasteiger charge is 2.17. The molecule has 0 aliphatic carbocycles. The molecule has 0 spiro atoms. The number of aromatic nitrogens is 3. The molecule has 2 aromatic rings. The Morgan fingerprint density at radius 3 is 3.00 bits per heavy atom. The first-order valence-corrected chi connectivity index (χ1v) is 5.75. The summed E-state index contributed by atoms with van der Waals surface area (Å²) in [7, 11) is 0. The summed E-state index contributed by atoms with van der Waals surface area (Å²) >= 11 is 5.84. The number of halogens is 1.